The normalized spacial score (nSPS) is 26.6. The van der Waals surface area contributed by atoms with Crippen LogP contribution in [0.25, 0.3) is 10.2 Å². The maximum atomic E-state index is 12.6. The molecule has 0 saturated heterocycles. The smallest absolute Gasteiger partial charge is 0.245 e. The molecule has 5 nitrogen and oxygen atoms in total. The van der Waals surface area contributed by atoms with Crippen molar-refractivity contribution < 1.29 is 9.53 Å². The van der Waals surface area contributed by atoms with Crippen LogP contribution in [0, 0.1) is 5.41 Å². The zero-order valence-corrected chi connectivity index (χ0v) is 13.9. The summed E-state index contributed by atoms with van der Waals surface area (Å²) in [5.74, 6) is -0.164. The predicted octanol–water partition coefficient (Wildman–Crippen LogP) is 2.77. The highest BCUT2D eigenvalue weighted by molar-refractivity contribution is 7.16. The van der Waals surface area contributed by atoms with Gasteiger partial charge in [-0.2, -0.15) is 0 Å². The van der Waals surface area contributed by atoms with Gasteiger partial charge in [0.15, 0.2) is 0 Å². The van der Waals surface area contributed by atoms with Gasteiger partial charge in [-0.3, -0.25) is 4.79 Å². The van der Waals surface area contributed by atoms with E-state index in [-0.39, 0.29) is 12.0 Å². The molecule has 0 aliphatic heterocycles. The molecular formula is C16H21N3O2S. The fourth-order valence-electron chi connectivity index (χ4n) is 3.00. The van der Waals surface area contributed by atoms with E-state index in [9.17, 15) is 4.79 Å². The van der Waals surface area contributed by atoms with Crippen LogP contribution in [0.2, 0.25) is 0 Å². The Morgan fingerprint density at radius 1 is 1.55 bits per heavy atom. The lowest BCUT2D eigenvalue weighted by Crippen LogP contribution is -2.74. The lowest BCUT2D eigenvalue weighted by atomic mass is 9.54. The number of nitrogens with one attached hydrogen (secondary N) is 1. The Hall–Kier alpha value is -1.50. The van der Waals surface area contributed by atoms with E-state index < -0.39 is 11.0 Å². The first-order valence-electron chi connectivity index (χ1n) is 7.43. The fraction of sp³-hybridized carbons (Fsp3) is 0.500. The molecule has 3 N–H and O–H groups in total. The first-order valence-corrected chi connectivity index (χ1v) is 8.31. The Balaban J connectivity index is 1.76. The quantitative estimate of drug-likeness (QED) is 0.908. The highest BCUT2D eigenvalue weighted by Crippen LogP contribution is 2.50. The van der Waals surface area contributed by atoms with Gasteiger partial charge >= 0.3 is 0 Å². The van der Waals surface area contributed by atoms with E-state index in [1.54, 1.807) is 16.8 Å². The van der Waals surface area contributed by atoms with Crippen LogP contribution in [0.1, 0.15) is 27.2 Å². The average Bonchev–Trinajstić information content (AvgIpc) is 2.94. The van der Waals surface area contributed by atoms with Crippen molar-refractivity contribution in [2.45, 2.75) is 38.8 Å². The summed E-state index contributed by atoms with van der Waals surface area (Å²) in [7, 11) is 0. The molecule has 1 amide bonds. The van der Waals surface area contributed by atoms with Gasteiger partial charge < -0.3 is 15.8 Å². The number of nitrogens with zero attached hydrogens (tertiary/aromatic N) is 1. The standard InChI is InChI=1S/C16H21N3O2S/c1-4-21-13-8-16(17,15(13,2)3)14(20)19-10-5-6-12-11(7-10)18-9-22-12/h5-7,9,13H,4,8,17H2,1-3H3,(H,19,20). The molecule has 1 fully saturated rings. The summed E-state index contributed by atoms with van der Waals surface area (Å²) in [6.45, 7) is 6.56. The van der Waals surface area contributed by atoms with Crippen molar-refractivity contribution >= 4 is 33.1 Å². The number of nitrogens with two attached hydrogens (primary N) is 1. The first kappa shape index (κ1) is 15.4. The molecule has 0 bridgehead atoms. The van der Waals surface area contributed by atoms with Gasteiger partial charge in [-0.15, -0.1) is 11.3 Å². The number of aromatic nitrogens is 1. The predicted molar refractivity (Wildman–Crippen MR) is 89.0 cm³/mol. The summed E-state index contributed by atoms with van der Waals surface area (Å²) in [6.07, 6.45) is 0.563. The maximum absolute atomic E-state index is 12.6. The molecule has 1 aliphatic rings. The minimum Gasteiger partial charge on any atom is -0.378 e. The highest BCUT2D eigenvalue weighted by atomic mass is 32.1. The van der Waals surface area contributed by atoms with Crippen molar-refractivity contribution in [1.82, 2.24) is 4.98 Å². The topological polar surface area (TPSA) is 77.2 Å². The molecule has 1 saturated carbocycles. The zero-order chi connectivity index (χ0) is 16.0. The number of carbonyl (C=O) groups excluding carboxylic acids is 1. The van der Waals surface area contributed by atoms with Crippen LogP contribution in [-0.4, -0.2) is 29.1 Å². The van der Waals surface area contributed by atoms with Crippen LogP contribution in [0.3, 0.4) is 0 Å². The SMILES string of the molecule is CCOC1CC(N)(C(=O)Nc2ccc3scnc3c2)C1(C)C. The Morgan fingerprint density at radius 3 is 3.00 bits per heavy atom. The summed E-state index contributed by atoms with van der Waals surface area (Å²) in [6, 6.07) is 5.72. The van der Waals surface area contributed by atoms with Crippen molar-refractivity contribution in [3.8, 4) is 0 Å². The van der Waals surface area contributed by atoms with E-state index in [0.717, 1.165) is 15.9 Å². The van der Waals surface area contributed by atoms with Gasteiger partial charge in [0.1, 0.15) is 5.54 Å². The number of hydrogen-bond acceptors (Lipinski definition) is 5. The molecule has 0 radical (unpaired) electrons. The third kappa shape index (κ3) is 2.22. The number of fused-ring (bicyclic) bond motifs is 1. The molecule has 22 heavy (non-hydrogen) atoms. The lowest BCUT2D eigenvalue weighted by molar-refractivity contribution is -0.166. The Bertz CT molecular complexity index is 712. The minimum atomic E-state index is -0.913. The Morgan fingerprint density at radius 2 is 2.32 bits per heavy atom. The molecule has 0 spiro atoms. The summed E-state index contributed by atoms with van der Waals surface area (Å²) >= 11 is 1.58. The van der Waals surface area contributed by atoms with Gasteiger partial charge in [0.2, 0.25) is 5.91 Å². The molecule has 3 rings (SSSR count). The van der Waals surface area contributed by atoms with Gasteiger partial charge in [0, 0.05) is 24.1 Å². The van der Waals surface area contributed by atoms with Gasteiger partial charge in [-0.25, -0.2) is 4.98 Å². The number of benzene rings is 1. The van der Waals surface area contributed by atoms with Gasteiger partial charge in [0.05, 0.1) is 21.8 Å². The van der Waals surface area contributed by atoms with Crippen LogP contribution < -0.4 is 11.1 Å². The van der Waals surface area contributed by atoms with E-state index in [1.165, 1.54) is 0 Å². The van der Waals surface area contributed by atoms with E-state index in [0.29, 0.717) is 13.0 Å². The second kappa shape index (κ2) is 5.30. The molecule has 2 unspecified atom stereocenters. The average molecular weight is 319 g/mol. The van der Waals surface area contributed by atoms with Crippen LogP contribution in [0.15, 0.2) is 23.7 Å². The van der Waals surface area contributed by atoms with Gasteiger partial charge in [-0.05, 0) is 25.1 Å². The number of hydrogen-bond donors (Lipinski definition) is 2. The van der Waals surface area contributed by atoms with Crippen molar-refractivity contribution in [2.75, 3.05) is 11.9 Å². The van der Waals surface area contributed by atoms with Crippen molar-refractivity contribution in [3.05, 3.63) is 23.7 Å². The summed E-state index contributed by atoms with van der Waals surface area (Å²) in [5, 5.41) is 2.93. The molecule has 2 atom stereocenters. The second-order valence-electron chi connectivity index (χ2n) is 6.33. The molecule has 118 valence electrons. The Labute approximate surface area is 133 Å². The number of anilines is 1. The monoisotopic (exact) mass is 319 g/mol. The van der Waals surface area contributed by atoms with E-state index >= 15 is 0 Å². The fourth-order valence-corrected chi connectivity index (χ4v) is 3.66. The molecule has 1 aromatic heterocycles. The van der Waals surface area contributed by atoms with Crippen LogP contribution in [0.5, 0.6) is 0 Å². The van der Waals surface area contributed by atoms with Crippen LogP contribution >= 0.6 is 11.3 Å². The third-order valence-corrected chi connectivity index (χ3v) is 5.63. The number of ether oxygens (including phenoxy) is 1. The minimum absolute atomic E-state index is 0.0225. The zero-order valence-electron chi connectivity index (χ0n) is 13.1. The molecule has 1 aromatic carbocycles. The summed E-state index contributed by atoms with van der Waals surface area (Å²) < 4.78 is 6.77. The van der Waals surface area contributed by atoms with Gasteiger partial charge in [0.25, 0.3) is 0 Å². The lowest BCUT2D eigenvalue weighted by Gasteiger charge is -2.57. The number of thiazole rings is 1. The number of rotatable bonds is 4. The number of carbonyl (C=O) groups is 1. The van der Waals surface area contributed by atoms with Crippen LogP contribution in [-0.2, 0) is 9.53 Å². The number of amides is 1. The first-order chi connectivity index (χ1) is 10.4. The summed E-state index contributed by atoms with van der Waals surface area (Å²) in [4.78, 5) is 16.9. The Kier molecular flexibility index (Phi) is 3.71. The maximum Gasteiger partial charge on any atom is 0.245 e. The molecule has 2 aromatic rings. The molecular weight excluding hydrogens is 298 g/mol. The van der Waals surface area contributed by atoms with E-state index in [1.807, 2.05) is 39.0 Å². The second-order valence-corrected chi connectivity index (χ2v) is 7.22. The third-order valence-electron chi connectivity index (χ3n) is 4.82. The van der Waals surface area contributed by atoms with E-state index in [4.69, 9.17) is 10.5 Å². The van der Waals surface area contributed by atoms with Crippen molar-refractivity contribution in [2.24, 2.45) is 11.1 Å². The molecule has 6 heteroatoms. The molecule has 1 heterocycles. The summed E-state index contributed by atoms with van der Waals surface area (Å²) in [5.41, 5.74) is 8.48. The largest absolute Gasteiger partial charge is 0.378 e. The van der Waals surface area contributed by atoms with Crippen molar-refractivity contribution in [3.63, 3.8) is 0 Å². The van der Waals surface area contributed by atoms with E-state index in [2.05, 4.69) is 10.3 Å². The van der Waals surface area contributed by atoms with Crippen molar-refractivity contribution in [1.29, 1.82) is 0 Å². The van der Waals surface area contributed by atoms with Gasteiger partial charge in [-0.1, -0.05) is 13.8 Å². The highest BCUT2D eigenvalue weighted by Gasteiger charge is 2.62. The molecule has 1 aliphatic carbocycles. The van der Waals surface area contributed by atoms with Crippen LogP contribution in [0.4, 0.5) is 5.69 Å².